The van der Waals surface area contributed by atoms with Crippen LogP contribution >= 0.6 is 12.4 Å². The predicted octanol–water partition coefficient (Wildman–Crippen LogP) is 2.68. The number of methoxy groups -OCH3 is 1. The molecular weight excluding hydrogens is 260 g/mol. The average Bonchev–Trinajstić information content (AvgIpc) is 2.40. The minimum Gasteiger partial charge on any atom is -0.496 e. The first kappa shape index (κ1) is 16.3. The molecule has 1 aromatic carbocycles. The maximum Gasteiger partial charge on any atom is 0.123 e. The van der Waals surface area contributed by atoms with Gasteiger partial charge in [-0.2, -0.15) is 0 Å². The molecule has 1 aliphatic rings. The van der Waals surface area contributed by atoms with Gasteiger partial charge in [-0.05, 0) is 44.3 Å². The Hall–Kier alpha value is -0.770. The van der Waals surface area contributed by atoms with E-state index in [-0.39, 0.29) is 12.4 Å². The van der Waals surface area contributed by atoms with Gasteiger partial charge in [0.15, 0.2) is 0 Å². The summed E-state index contributed by atoms with van der Waals surface area (Å²) in [6.45, 7) is 4.17. The highest BCUT2D eigenvalue weighted by atomic mass is 35.5. The second-order valence-electron chi connectivity index (χ2n) is 5.13. The molecule has 0 spiro atoms. The third-order valence-corrected chi connectivity index (χ3v) is 3.76. The number of halogens is 1. The fraction of sp³-hybridized carbons (Fsp3) is 0.600. The van der Waals surface area contributed by atoms with E-state index in [0.29, 0.717) is 0 Å². The molecule has 2 rings (SSSR count). The molecule has 3 nitrogen and oxygen atoms in total. The minimum absolute atomic E-state index is 0. The van der Waals surface area contributed by atoms with E-state index in [9.17, 15) is 0 Å². The topological polar surface area (TPSA) is 38.5 Å². The molecule has 0 aromatic heterocycles. The Kier molecular flexibility index (Phi) is 7.21. The van der Waals surface area contributed by atoms with Gasteiger partial charge in [-0.3, -0.25) is 4.90 Å². The lowest BCUT2D eigenvalue weighted by atomic mass is 9.94. The number of rotatable bonds is 5. The Balaban J connectivity index is 0.00000180. The monoisotopic (exact) mass is 284 g/mol. The van der Waals surface area contributed by atoms with E-state index in [2.05, 4.69) is 17.0 Å². The Morgan fingerprint density at radius 3 is 2.89 bits per heavy atom. The zero-order valence-electron chi connectivity index (χ0n) is 11.7. The lowest BCUT2D eigenvalue weighted by Crippen LogP contribution is -2.35. The highest BCUT2D eigenvalue weighted by Crippen LogP contribution is 2.24. The van der Waals surface area contributed by atoms with E-state index in [1.54, 1.807) is 7.11 Å². The largest absolute Gasteiger partial charge is 0.496 e. The first-order valence-corrected chi connectivity index (χ1v) is 6.87. The second-order valence-corrected chi connectivity index (χ2v) is 5.13. The van der Waals surface area contributed by atoms with Gasteiger partial charge in [-0.15, -0.1) is 12.4 Å². The lowest BCUT2D eigenvalue weighted by molar-refractivity contribution is 0.161. The van der Waals surface area contributed by atoms with Crippen molar-refractivity contribution in [2.24, 2.45) is 11.7 Å². The quantitative estimate of drug-likeness (QED) is 0.903. The number of ether oxygens (including phenoxy) is 1. The Morgan fingerprint density at radius 1 is 1.37 bits per heavy atom. The summed E-state index contributed by atoms with van der Waals surface area (Å²) in [4.78, 5) is 2.53. The normalized spacial score (nSPS) is 19.8. The van der Waals surface area contributed by atoms with E-state index in [1.807, 2.05) is 12.1 Å². The van der Waals surface area contributed by atoms with Crippen LogP contribution in [0.2, 0.25) is 0 Å². The summed E-state index contributed by atoms with van der Waals surface area (Å²) in [7, 11) is 1.74. The summed E-state index contributed by atoms with van der Waals surface area (Å²) in [6.07, 6.45) is 3.78. The molecule has 1 heterocycles. The maximum absolute atomic E-state index is 5.66. The lowest BCUT2D eigenvalue weighted by Gasteiger charge is -2.32. The summed E-state index contributed by atoms with van der Waals surface area (Å²) in [5.41, 5.74) is 6.95. The van der Waals surface area contributed by atoms with E-state index in [1.165, 1.54) is 31.5 Å². The molecule has 0 saturated carbocycles. The van der Waals surface area contributed by atoms with E-state index in [0.717, 1.165) is 31.2 Å². The zero-order valence-corrected chi connectivity index (χ0v) is 12.5. The summed E-state index contributed by atoms with van der Waals surface area (Å²) < 4.78 is 5.41. The first-order valence-electron chi connectivity index (χ1n) is 6.87. The summed E-state index contributed by atoms with van der Waals surface area (Å²) in [5.74, 6) is 1.77. The van der Waals surface area contributed by atoms with Crippen LogP contribution in [0.3, 0.4) is 0 Å². The van der Waals surface area contributed by atoms with Crippen LogP contribution in [0.1, 0.15) is 24.8 Å². The van der Waals surface area contributed by atoms with Crippen molar-refractivity contribution in [2.75, 3.05) is 26.7 Å². The van der Waals surface area contributed by atoms with Crippen LogP contribution in [0.4, 0.5) is 0 Å². The molecule has 0 radical (unpaired) electrons. The molecule has 4 heteroatoms. The molecule has 0 bridgehead atoms. The summed E-state index contributed by atoms with van der Waals surface area (Å²) in [5, 5.41) is 0. The van der Waals surface area contributed by atoms with Crippen LogP contribution in [-0.4, -0.2) is 31.6 Å². The Morgan fingerprint density at radius 2 is 2.16 bits per heavy atom. The number of nitrogens with zero attached hydrogens (tertiary/aromatic N) is 1. The van der Waals surface area contributed by atoms with Gasteiger partial charge in [-0.25, -0.2) is 0 Å². The number of para-hydroxylation sites is 1. The summed E-state index contributed by atoms with van der Waals surface area (Å²) in [6, 6.07) is 8.30. The van der Waals surface area contributed by atoms with Gasteiger partial charge in [0.2, 0.25) is 0 Å². The third-order valence-electron chi connectivity index (χ3n) is 3.76. The number of hydrogen-bond acceptors (Lipinski definition) is 3. The van der Waals surface area contributed by atoms with Gasteiger partial charge >= 0.3 is 0 Å². The van der Waals surface area contributed by atoms with Crippen molar-refractivity contribution >= 4 is 12.4 Å². The number of benzene rings is 1. The van der Waals surface area contributed by atoms with E-state index >= 15 is 0 Å². The van der Waals surface area contributed by atoms with Crippen molar-refractivity contribution in [3.8, 4) is 5.75 Å². The fourth-order valence-corrected chi connectivity index (χ4v) is 2.84. The standard InChI is InChI=1S/C15H24N2O.ClH/c1-18-15-7-3-2-6-14(15)12-17-10-4-5-13(11-17)8-9-16;/h2-3,6-7,13H,4-5,8-12,16H2,1H3;1H. The molecule has 0 amide bonds. The highest BCUT2D eigenvalue weighted by molar-refractivity contribution is 5.85. The molecule has 1 aromatic rings. The van der Waals surface area contributed by atoms with Crippen molar-refractivity contribution in [1.29, 1.82) is 0 Å². The van der Waals surface area contributed by atoms with Crippen LogP contribution in [0, 0.1) is 5.92 Å². The maximum atomic E-state index is 5.66. The molecular formula is C15H25ClN2O. The van der Waals surface area contributed by atoms with Crippen molar-refractivity contribution in [3.05, 3.63) is 29.8 Å². The number of piperidine rings is 1. The van der Waals surface area contributed by atoms with Crippen LogP contribution in [0.15, 0.2) is 24.3 Å². The van der Waals surface area contributed by atoms with Gasteiger partial charge in [0.1, 0.15) is 5.75 Å². The van der Waals surface area contributed by atoms with E-state index < -0.39 is 0 Å². The third kappa shape index (κ3) is 4.68. The second kappa shape index (κ2) is 8.41. The SMILES string of the molecule is COc1ccccc1CN1CCCC(CCN)C1.Cl. The fourth-order valence-electron chi connectivity index (χ4n) is 2.84. The molecule has 1 aliphatic heterocycles. The molecule has 1 fully saturated rings. The molecule has 108 valence electrons. The summed E-state index contributed by atoms with van der Waals surface area (Å²) >= 11 is 0. The highest BCUT2D eigenvalue weighted by Gasteiger charge is 2.19. The van der Waals surface area contributed by atoms with Crippen LogP contribution in [0.25, 0.3) is 0 Å². The van der Waals surface area contributed by atoms with E-state index in [4.69, 9.17) is 10.5 Å². The van der Waals surface area contributed by atoms with Crippen molar-refractivity contribution < 1.29 is 4.74 Å². The number of nitrogens with two attached hydrogens (primary N) is 1. The zero-order chi connectivity index (χ0) is 12.8. The number of hydrogen-bond donors (Lipinski definition) is 1. The predicted molar refractivity (Wildman–Crippen MR) is 81.9 cm³/mol. The van der Waals surface area contributed by atoms with Gasteiger partial charge < -0.3 is 10.5 Å². The Bertz CT molecular complexity index is 371. The van der Waals surface area contributed by atoms with Crippen LogP contribution in [0.5, 0.6) is 5.75 Å². The minimum atomic E-state index is 0. The molecule has 0 aliphatic carbocycles. The van der Waals surface area contributed by atoms with Crippen LogP contribution in [-0.2, 0) is 6.54 Å². The van der Waals surface area contributed by atoms with Gasteiger partial charge in [0.25, 0.3) is 0 Å². The molecule has 1 atom stereocenters. The number of likely N-dealkylation sites (tertiary alicyclic amines) is 1. The smallest absolute Gasteiger partial charge is 0.123 e. The van der Waals surface area contributed by atoms with Crippen molar-refractivity contribution in [3.63, 3.8) is 0 Å². The van der Waals surface area contributed by atoms with Gasteiger partial charge in [0.05, 0.1) is 7.11 Å². The van der Waals surface area contributed by atoms with Crippen molar-refractivity contribution in [2.45, 2.75) is 25.8 Å². The van der Waals surface area contributed by atoms with Crippen molar-refractivity contribution in [1.82, 2.24) is 4.90 Å². The van der Waals surface area contributed by atoms with Gasteiger partial charge in [-0.1, -0.05) is 18.2 Å². The van der Waals surface area contributed by atoms with Crippen LogP contribution < -0.4 is 10.5 Å². The molecule has 2 N–H and O–H groups in total. The van der Waals surface area contributed by atoms with Gasteiger partial charge in [0, 0.05) is 18.7 Å². The molecule has 1 unspecified atom stereocenters. The first-order chi connectivity index (χ1) is 8.83. The molecule has 19 heavy (non-hydrogen) atoms. The Labute approximate surface area is 122 Å². The molecule has 1 saturated heterocycles. The average molecular weight is 285 g/mol.